The van der Waals surface area contributed by atoms with Crippen LogP contribution < -0.4 is 4.90 Å². The molecule has 0 aliphatic heterocycles. The van der Waals surface area contributed by atoms with Crippen molar-refractivity contribution >= 4 is 17.1 Å². The predicted molar refractivity (Wildman–Crippen MR) is 272 cm³/mol. The molecule has 3 aliphatic carbocycles. The van der Waals surface area contributed by atoms with E-state index in [0.29, 0.717) is 0 Å². The lowest BCUT2D eigenvalue weighted by Crippen LogP contribution is -2.27. The van der Waals surface area contributed by atoms with E-state index in [0.717, 1.165) is 33.8 Å². The topological polar surface area (TPSA) is 3.24 Å². The summed E-state index contributed by atoms with van der Waals surface area (Å²) in [6, 6.07) is 64.7. The molecule has 0 amide bonds. The van der Waals surface area contributed by atoms with E-state index in [-0.39, 0.29) is 16.2 Å². The summed E-state index contributed by atoms with van der Waals surface area (Å²) < 4.78 is 8.74. The third-order valence-corrected chi connectivity index (χ3v) is 14.9. The van der Waals surface area contributed by atoms with E-state index in [4.69, 9.17) is 1.37 Å². The van der Waals surface area contributed by atoms with E-state index in [9.17, 15) is 0 Å². The number of rotatable bonds is 5. The first-order valence-electron chi connectivity index (χ1n) is 23.7. The van der Waals surface area contributed by atoms with Crippen molar-refractivity contribution in [2.45, 2.75) is 96.8 Å². The number of hydrogen-bond acceptors (Lipinski definition) is 1. The molecule has 0 bridgehead atoms. The Kier molecular flexibility index (Phi) is 8.59. The molecule has 3 aliphatic rings. The number of fused-ring (bicyclic) bond motifs is 13. The highest BCUT2D eigenvalue weighted by molar-refractivity contribution is 5.97. The Morgan fingerprint density at radius 1 is 0.406 bits per heavy atom. The number of nitrogens with zero attached hydrogens (tertiary/aromatic N) is 1. The molecule has 0 saturated carbocycles. The Hall–Kier alpha value is -6.44. The summed E-state index contributed by atoms with van der Waals surface area (Å²) in [6.07, 6.45) is 0. The Labute approximate surface area is 382 Å². The molecule has 11 rings (SSSR count). The average molecular weight is 831 g/mol. The lowest BCUT2D eigenvalue weighted by atomic mass is 9.68. The Bertz CT molecular complexity index is 3170. The van der Waals surface area contributed by atoms with Crippen LogP contribution in [-0.4, -0.2) is 0 Å². The molecule has 1 nitrogen and oxygen atoms in total. The van der Waals surface area contributed by atoms with E-state index in [1.165, 1.54) is 77.9 Å². The highest BCUT2D eigenvalue weighted by atomic mass is 15.1. The molecule has 0 radical (unpaired) electrons. The number of benzene rings is 8. The zero-order valence-electron chi connectivity index (χ0n) is 40.1. The van der Waals surface area contributed by atoms with Crippen LogP contribution >= 0.6 is 0 Å². The average Bonchev–Trinajstić information content (AvgIpc) is 3.83. The fraction of sp³-hybridized carbons (Fsp3) is 0.238. The van der Waals surface area contributed by atoms with Crippen LogP contribution in [0.4, 0.5) is 17.1 Å². The van der Waals surface area contributed by atoms with Crippen molar-refractivity contribution in [1.82, 2.24) is 0 Å². The second-order valence-corrected chi connectivity index (χ2v) is 21.4. The first kappa shape index (κ1) is 39.2. The molecule has 1 spiro atoms. The zero-order chi connectivity index (χ0) is 45.4. The molecule has 316 valence electrons. The van der Waals surface area contributed by atoms with Crippen LogP contribution in [0.1, 0.15) is 127 Å². The first-order chi connectivity index (χ1) is 30.9. The maximum Gasteiger partial charge on any atom is 0.0726 e. The summed E-state index contributed by atoms with van der Waals surface area (Å²) in [6.45, 7) is 22.6. The second kappa shape index (κ2) is 14.0. The molecular weight excluding hydrogens is 771 g/mol. The fourth-order valence-electron chi connectivity index (χ4n) is 11.4. The van der Waals surface area contributed by atoms with Crippen LogP contribution in [0.15, 0.2) is 170 Å². The van der Waals surface area contributed by atoms with Gasteiger partial charge in [0.1, 0.15) is 0 Å². The van der Waals surface area contributed by atoms with E-state index in [2.05, 4.69) is 230 Å². The van der Waals surface area contributed by atoms with E-state index >= 15 is 0 Å². The van der Waals surface area contributed by atoms with E-state index < -0.39 is 11.3 Å². The van der Waals surface area contributed by atoms with Crippen LogP contribution in [0, 0.1) is 0 Å². The van der Waals surface area contributed by atoms with Crippen molar-refractivity contribution in [2.75, 3.05) is 4.90 Å². The van der Waals surface area contributed by atoms with Crippen molar-refractivity contribution in [3.8, 4) is 44.5 Å². The summed E-state index contributed by atoms with van der Waals surface area (Å²) in [4.78, 5) is 2.48. The molecule has 0 unspecified atom stereocenters. The van der Waals surface area contributed by atoms with Gasteiger partial charge in [0.25, 0.3) is 0 Å². The quantitative estimate of drug-likeness (QED) is 0.167. The number of anilines is 3. The molecule has 64 heavy (non-hydrogen) atoms. The van der Waals surface area contributed by atoms with Crippen molar-refractivity contribution in [3.05, 3.63) is 220 Å². The molecule has 0 aromatic heterocycles. The summed E-state index contributed by atoms with van der Waals surface area (Å²) in [5, 5.41) is 0. The van der Waals surface area contributed by atoms with Crippen LogP contribution in [-0.2, 0) is 21.7 Å². The standard InChI is InChI=1S/C63H59N/c1-39(2)41-16-15-17-42(34-41)40-22-26-45(27-23-40)64(46-29-33-55-53(37-46)49-19-11-13-20-54(49)62(55,9)10)47-28-32-52-48-18-12-14-21-56(48)63(59(52)38-47)57-35-43(60(3,4)5)24-30-50(57)51-31-25-44(36-58(51)63)61(6,7)8/h11-39H,1-10H3/i39D. The van der Waals surface area contributed by atoms with Crippen molar-refractivity contribution in [3.63, 3.8) is 0 Å². The summed E-state index contributed by atoms with van der Waals surface area (Å²) >= 11 is 0. The lowest BCUT2D eigenvalue weighted by Gasteiger charge is -2.34. The molecule has 0 fully saturated rings. The lowest BCUT2D eigenvalue weighted by molar-refractivity contribution is 0.586. The van der Waals surface area contributed by atoms with Gasteiger partial charge in [-0.3, -0.25) is 0 Å². The van der Waals surface area contributed by atoms with Gasteiger partial charge in [-0.15, -0.1) is 0 Å². The minimum Gasteiger partial charge on any atom is -0.310 e. The van der Waals surface area contributed by atoms with Crippen LogP contribution in [0.25, 0.3) is 44.5 Å². The van der Waals surface area contributed by atoms with E-state index in [1.54, 1.807) is 0 Å². The van der Waals surface area contributed by atoms with Gasteiger partial charge in [-0.25, -0.2) is 0 Å². The van der Waals surface area contributed by atoms with Gasteiger partial charge < -0.3 is 4.90 Å². The normalized spacial score (nSPS) is 15.2. The van der Waals surface area contributed by atoms with Crippen molar-refractivity contribution in [1.29, 1.82) is 0 Å². The molecular formula is C63H59N. The van der Waals surface area contributed by atoms with Gasteiger partial charge in [0, 0.05) is 23.8 Å². The highest BCUT2D eigenvalue weighted by Gasteiger charge is 2.52. The largest absolute Gasteiger partial charge is 0.310 e. The van der Waals surface area contributed by atoms with E-state index in [1.807, 2.05) is 13.8 Å². The highest BCUT2D eigenvalue weighted by Crippen LogP contribution is 2.64. The molecule has 0 atom stereocenters. The first-order valence-corrected chi connectivity index (χ1v) is 23.2. The summed E-state index contributed by atoms with van der Waals surface area (Å²) in [5.74, 6) is -0.680. The second-order valence-electron chi connectivity index (χ2n) is 21.4. The number of hydrogen-bond donors (Lipinski definition) is 0. The summed E-state index contributed by atoms with van der Waals surface area (Å²) in [5.41, 5.74) is 24.7. The van der Waals surface area contributed by atoms with Gasteiger partial charge >= 0.3 is 0 Å². The molecule has 0 saturated heterocycles. The zero-order valence-corrected chi connectivity index (χ0v) is 39.1. The molecule has 1 heteroatoms. The molecule has 0 heterocycles. The van der Waals surface area contributed by atoms with Gasteiger partial charge in [-0.1, -0.05) is 203 Å². The van der Waals surface area contributed by atoms with Crippen LogP contribution in [0.5, 0.6) is 0 Å². The Morgan fingerprint density at radius 3 is 1.50 bits per heavy atom. The maximum atomic E-state index is 8.74. The maximum absolute atomic E-state index is 8.74. The minimum absolute atomic E-state index is 0.0210. The van der Waals surface area contributed by atoms with Gasteiger partial charge in [0.2, 0.25) is 0 Å². The third kappa shape index (κ3) is 5.89. The third-order valence-electron chi connectivity index (χ3n) is 14.9. The van der Waals surface area contributed by atoms with Crippen LogP contribution in [0.3, 0.4) is 0 Å². The monoisotopic (exact) mass is 830 g/mol. The predicted octanol–water partition coefficient (Wildman–Crippen LogP) is 17.2. The van der Waals surface area contributed by atoms with Crippen LogP contribution in [0.2, 0.25) is 0 Å². The van der Waals surface area contributed by atoms with Crippen molar-refractivity contribution < 1.29 is 1.37 Å². The Balaban J connectivity index is 1.17. The molecule has 8 aromatic rings. The van der Waals surface area contributed by atoms with Gasteiger partial charge in [0.15, 0.2) is 0 Å². The molecule has 0 N–H and O–H groups in total. The fourth-order valence-corrected chi connectivity index (χ4v) is 11.4. The smallest absolute Gasteiger partial charge is 0.0726 e. The van der Waals surface area contributed by atoms with Gasteiger partial charge in [-0.2, -0.15) is 0 Å². The SMILES string of the molecule is [2H]C(C)(C)c1cccc(-c2ccc(N(c3ccc4c(c3)-c3ccccc3C4(C)C)c3ccc4c(c3)C3(c5ccccc5-4)c4cc(C(C)(C)C)ccc4-c4ccc(C(C)(C)C)cc43)cc2)c1. The Morgan fingerprint density at radius 2 is 0.891 bits per heavy atom. The van der Waals surface area contributed by atoms with Gasteiger partial charge in [0.05, 0.1) is 5.41 Å². The molecule has 8 aromatic carbocycles. The van der Waals surface area contributed by atoms with Crippen molar-refractivity contribution in [2.24, 2.45) is 0 Å². The summed E-state index contributed by atoms with van der Waals surface area (Å²) in [7, 11) is 0. The minimum atomic E-state index is -0.680. The van der Waals surface area contributed by atoms with Gasteiger partial charge in [-0.05, 0) is 148 Å².